The molecule has 0 saturated heterocycles. The third kappa shape index (κ3) is 3.60. The predicted molar refractivity (Wildman–Crippen MR) is 112 cm³/mol. The number of sulfonamides is 1. The number of carbonyl (C=O) groups excluding carboxylic acids is 1. The Balaban J connectivity index is 1.64. The molecular formula is C21H24N4O3S. The first-order valence-electron chi connectivity index (χ1n) is 9.68. The largest absolute Gasteiger partial charge is 0.350 e. The molecule has 2 aromatic carbocycles. The van der Waals surface area contributed by atoms with Gasteiger partial charge in [-0.05, 0) is 68.1 Å². The fourth-order valence-corrected chi connectivity index (χ4v) is 5.15. The first-order chi connectivity index (χ1) is 13.8. The number of aryl methyl sites for hydroxylation is 3. The van der Waals surface area contributed by atoms with Crippen molar-refractivity contribution < 1.29 is 13.2 Å². The van der Waals surface area contributed by atoms with Crippen LogP contribution in [0.4, 0.5) is 5.69 Å². The van der Waals surface area contributed by atoms with Crippen LogP contribution in [0, 0.1) is 6.92 Å². The zero-order valence-electron chi connectivity index (χ0n) is 16.7. The van der Waals surface area contributed by atoms with E-state index in [-0.39, 0.29) is 16.8 Å². The van der Waals surface area contributed by atoms with Crippen LogP contribution in [0.15, 0.2) is 41.3 Å². The van der Waals surface area contributed by atoms with E-state index in [1.165, 1.54) is 6.92 Å². The van der Waals surface area contributed by atoms with E-state index in [4.69, 9.17) is 0 Å². The fraction of sp³-hybridized carbons (Fsp3) is 0.333. The van der Waals surface area contributed by atoms with Crippen LogP contribution < -0.4 is 10.0 Å². The summed E-state index contributed by atoms with van der Waals surface area (Å²) >= 11 is 0. The molecule has 8 heteroatoms. The van der Waals surface area contributed by atoms with E-state index in [1.54, 1.807) is 24.3 Å². The summed E-state index contributed by atoms with van der Waals surface area (Å²) in [5, 5.41) is 2.89. The van der Waals surface area contributed by atoms with Gasteiger partial charge in [0, 0.05) is 13.5 Å². The lowest BCUT2D eigenvalue weighted by Crippen LogP contribution is -2.24. The molecule has 0 spiro atoms. The maximum Gasteiger partial charge on any atom is 0.261 e. The van der Waals surface area contributed by atoms with Crippen molar-refractivity contribution in [2.75, 3.05) is 4.72 Å². The van der Waals surface area contributed by atoms with E-state index >= 15 is 0 Å². The van der Waals surface area contributed by atoms with Crippen LogP contribution in [-0.4, -0.2) is 23.9 Å². The number of hydrogen-bond donors (Lipinski definition) is 2. The van der Waals surface area contributed by atoms with Crippen LogP contribution in [0.25, 0.3) is 11.0 Å². The van der Waals surface area contributed by atoms with Crippen molar-refractivity contribution in [2.24, 2.45) is 0 Å². The van der Waals surface area contributed by atoms with Crippen molar-refractivity contribution in [3.05, 3.63) is 53.3 Å². The van der Waals surface area contributed by atoms with Crippen molar-refractivity contribution in [1.82, 2.24) is 14.9 Å². The van der Waals surface area contributed by atoms with Crippen molar-refractivity contribution >= 4 is 32.7 Å². The second-order valence-electron chi connectivity index (χ2n) is 7.36. The van der Waals surface area contributed by atoms with E-state index in [1.807, 2.05) is 26.0 Å². The van der Waals surface area contributed by atoms with Gasteiger partial charge in [0.2, 0.25) is 5.91 Å². The van der Waals surface area contributed by atoms with Crippen LogP contribution >= 0.6 is 0 Å². The molecule has 1 aromatic heterocycles. The normalized spacial score (nSPS) is 16.0. The van der Waals surface area contributed by atoms with E-state index in [9.17, 15) is 13.2 Å². The molecule has 1 aliphatic rings. The third-order valence-electron chi connectivity index (χ3n) is 5.39. The van der Waals surface area contributed by atoms with Gasteiger partial charge in [-0.15, -0.1) is 0 Å². The highest BCUT2D eigenvalue weighted by Crippen LogP contribution is 2.33. The minimum absolute atomic E-state index is 0.121. The van der Waals surface area contributed by atoms with Crippen molar-refractivity contribution in [1.29, 1.82) is 0 Å². The monoisotopic (exact) mass is 412 g/mol. The van der Waals surface area contributed by atoms with Crippen molar-refractivity contribution in [2.45, 2.75) is 51.1 Å². The second kappa shape index (κ2) is 7.18. The number of hydrogen-bond acceptors (Lipinski definition) is 4. The molecular weight excluding hydrogens is 388 g/mol. The number of anilines is 1. The van der Waals surface area contributed by atoms with Crippen molar-refractivity contribution in [3.63, 3.8) is 0 Å². The molecule has 3 aromatic rings. The molecule has 1 amide bonds. The first-order valence-corrected chi connectivity index (χ1v) is 11.2. The van der Waals surface area contributed by atoms with E-state index in [0.717, 1.165) is 47.4 Å². The Morgan fingerprint density at radius 3 is 2.76 bits per heavy atom. The summed E-state index contributed by atoms with van der Waals surface area (Å²) in [6.07, 6.45) is 1.60. The molecule has 1 aliphatic carbocycles. The summed E-state index contributed by atoms with van der Waals surface area (Å²) in [5.41, 5.74) is 4.14. The summed E-state index contributed by atoms with van der Waals surface area (Å²) in [5.74, 6) is 0.773. The molecule has 0 fully saturated rings. The Morgan fingerprint density at radius 1 is 1.24 bits per heavy atom. The first kappa shape index (κ1) is 19.4. The minimum atomic E-state index is -3.76. The smallest absolute Gasteiger partial charge is 0.261 e. The maximum atomic E-state index is 13.0. The third-order valence-corrected chi connectivity index (χ3v) is 6.77. The van der Waals surface area contributed by atoms with E-state index in [2.05, 4.69) is 19.6 Å². The van der Waals surface area contributed by atoms with Crippen LogP contribution in [-0.2, 0) is 27.8 Å². The molecule has 152 valence electrons. The number of fused-ring (bicyclic) bond motifs is 2. The number of imidazole rings is 1. The second-order valence-corrected chi connectivity index (χ2v) is 9.05. The van der Waals surface area contributed by atoms with Crippen molar-refractivity contribution in [3.8, 4) is 0 Å². The molecule has 1 atom stereocenters. The highest BCUT2D eigenvalue weighted by Gasteiger charge is 2.26. The maximum absolute atomic E-state index is 13.0. The number of nitrogens with zero attached hydrogens (tertiary/aromatic N) is 2. The molecule has 0 bridgehead atoms. The highest BCUT2D eigenvalue weighted by atomic mass is 32.2. The lowest BCUT2D eigenvalue weighted by molar-refractivity contribution is -0.119. The highest BCUT2D eigenvalue weighted by molar-refractivity contribution is 7.92. The van der Waals surface area contributed by atoms with E-state index < -0.39 is 10.0 Å². The Bertz CT molecular complexity index is 1210. The molecule has 4 rings (SSSR count). The number of carbonyl (C=O) groups is 1. The standard InChI is InChI=1S/C21H24N4O3S/c1-4-25-13(2)22-20-11-16(7-10-21(20)25)24-29(27,28)17-8-5-15-6-9-19(18(15)12-17)23-14(3)26/h5,7-8,10-12,19,24H,4,6,9H2,1-3H3,(H,23,26)/t19-/m0/s1. The number of nitrogens with one attached hydrogen (secondary N) is 2. The van der Waals surface area contributed by atoms with Gasteiger partial charge in [-0.3, -0.25) is 9.52 Å². The molecule has 2 N–H and O–H groups in total. The molecule has 0 aliphatic heterocycles. The van der Waals surface area contributed by atoms with Gasteiger partial charge in [0.1, 0.15) is 5.82 Å². The Morgan fingerprint density at radius 2 is 2.03 bits per heavy atom. The van der Waals surface area contributed by atoms with Gasteiger partial charge in [-0.1, -0.05) is 6.07 Å². The van der Waals surface area contributed by atoms with Crippen LogP contribution in [0.2, 0.25) is 0 Å². The van der Waals surface area contributed by atoms with Crippen LogP contribution in [0.5, 0.6) is 0 Å². The summed E-state index contributed by atoms with van der Waals surface area (Å²) in [6, 6.07) is 10.4. The summed E-state index contributed by atoms with van der Waals surface area (Å²) in [7, 11) is -3.76. The molecule has 7 nitrogen and oxygen atoms in total. The SMILES string of the molecule is CCn1c(C)nc2cc(NS(=O)(=O)c3ccc4c(c3)[C@@H](NC(C)=O)CC4)ccc21. The Kier molecular flexibility index (Phi) is 4.82. The zero-order valence-corrected chi connectivity index (χ0v) is 17.5. The lowest BCUT2D eigenvalue weighted by atomic mass is 10.1. The average Bonchev–Trinajstić information content (AvgIpc) is 3.19. The predicted octanol–water partition coefficient (Wildman–Crippen LogP) is 3.29. The van der Waals surface area contributed by atoms with Gasteiger partial charge < -0.3 is 9.88 Å². The zero-order chi connectivity index (χ0) is 20.8. The molecule has 0 unspecified atom stereocenters. The fourth-order valence-electron chi connectivity index (χ4n) is 4.07. The molecule has 0 saturated carbocycles. The molecule has 29 heavy (non-hydrogen) atoms. The summed E-state index contributed by atoms with van der Waals surface area (Å²) in [4.78, 5) is 16.1. The quantitative estimate of drug-likeness (QED) is 0.672. The molecule has 1 heterocycles. The van der Waals surface area contributed by atoms with Gasteiger partial charge in [-0.2, -0.15) is 0 Å². The average molecular weight is 413 g/mol. The van der Waals surface area contributed by atoms with E-state index in [0.29, 0.717) is 5.69 Å². The van der Waals surface area contributed by atoms with Gasteiger partial charge in [-0.25, -0.2) is 13.4 Å². The summed E-state index contributed by atoms with van der Waals surface area (Å²) in [6.45, 7) is 6.26. The molecule has 0 radical (unpaired) electrons. The number of benzene rings is 2. The lowest BCUT2D eigenvalue weighted by Gasteiger charge is -2.14. The van der Waals surface area contributed by atoms with Gasteiger partial charge in [0.15, 0.2) is 0 Å². The Labute approximate surface area is 170 Å². The number of aromatic nitrogens is 2. The van der Waals surface area contributed by atoms with Gasteiger partial charge in [0.25, 0.3) is 10.0 Å². The van der Waals surface area contributed by atoms with Gasteiger partial charge in [0.05, 0.1) is 27.7 Å². The number of amides is 1. The summed E-state index contributed by atoms with van der Waals surface area (Å²) < 4.78 is 30.7. The topological polar surface area (TPSA) is 93.1 Å². The van der Waals surface area contributed by atoms with Crippen LogP contribution in [0.3, 0.4) is 0 Å². The number of rotatable bonds is 5. The van der Waals surface area contributed by atoms with Crippen LogP contribution in [0.1, 0.15) is 43.3 Å². The van der Waals surface area contributed by atoms with Gasteiger partial charge >= 0.3 is 0 Å². The Hall–Kier alpha value is -2.87. The minimum Gasteiger partial charge on any atom is -0.350 e.